The molecule has 0 aromatic carbocycles. The van der Waals surface area contributed by atoms with Crippen molar-refractivity contribution < 1.29 is 50.0 Å². The van der Waals surface area contributed by atoms with Gasteiger partial charge in [-0.1, -0.05) is 264 Å². The summed E-state index contributed by atoms with van der Waals surface area (Å²) in [5.74, 6) is -0.701. The lowest BCUT2D eigenvalue weighted by Gasteiger charge is -2.40. The molecule has 1 amide bonds. The van der Waals surface area contributed by atoms with Gasteiger partial charge in [0, 0.05) is 0 Å². The summed E-state index contributed by atoms with van der Waals surface area (Å²) in [6.45, 7) is 3.48. The molecule has 8 N–H and O–H groups in total. The van der Waals surface area contributed by atoms with Gasteiger partial charge >= 0.3 is 0 Å². The Bertz CT molecular complexity index is 1140. The van der Waals surface area contributed by atoms with Crippen LogP contribution in [0.4, 0.5) is 0 Å². The van der Waals surface area contributed by atoms with Crippen LogP contribution in [0.2, 0.25) is 0 Å². The molecular weight excluding hydrogens is 883 g/mol. The average Bonchev–Trinajstić information content (AvgIpc) is 3.36. The number of amides is 1. The first-order valence-electron chi connectivity index (χ1n) is 30.1. The second-order valence-corrected chi connectivity index (χ2v) is 21.4. The Labute approximate surface area is 430 Å². The number of unbranched alkanes of at least 4 members (excludes halogenated alkanes) is 38. The Kier molecular flexibility index (Phi) is 46.6. The minimum atomic E-state index is -1.66. The molecule has 9 atom stereocenters. The average molecular weight is 999 g/mol. The summed E-state index contributed by atoms with van der Waals surface area (Å²) in [4.78, 5) is 13.2. The van der Waals surface area contributed by atoms with Crippen LogP contribution >= 0.6 is 0 Å². The van der Waals surface area contributed by atoms with E-state index in [2.05, 4.69) is 31.3 Å². The van der Waals surface area contributed by atoms with Gasteiger partial charge in [0.2, 0.25) is 5.91 Å². The Morgan fingerprint density at radius 1 is 0.486 bits per heavy atom. The predicted molar refractivity (Wildman–Crippen MR) is 289 cm³/mol. The third kappa shape index (κ3) is 36.7. The number of hydrogen-bond acceptors (Lipinski definition) is 10. The highest BCUT2D eigenvalue weighted by Crippen LogP contribution is 2.23. The molecule has 0 radical (unpaired) electrons. The van der Waals surface area contributed by atoms with E-state index < -0.39 is 74.2 Å². The smallest absolute Gasteiger partial charge is 0.249 e. The highest BCUT2D eigenvalue weighted by Gasteiger charge is 2.44. The lowest BCUT2D eigenvalue weighted by atomic mass is 9.98. The van der Waals surface area contributed by atoms with Gasteiger partial charge in [0.15, 0.2) is 6.29 Å². The normalized spacial score (nSPS) is 20.3. The van der Waals surface area contributed by atoms with Crippen molar-refractivity contribution in [2.45, 2.75) is 345 Å². The molecule has 0 aromatic heterocycles. The molecule has 70 heavy (non-hydrogen) atoms. The highest BCUT2D eigenvalue weighted by molar-refractivity contribution is 5.80. The second kappa shape index (κ2) is 48.8. The van der Waals surface area contributed by atoms with Gasteiger partial charge in [-0.15, -0.1) is 0 Å². The fourth-order valence-electron chi connectivity index (χ4n) is 9.92. The Morgan fingerprint density at radius 3 is 1.23 bits per heavy atom. The zero-order valence-electron chi connectivity index (χ0n) is 45.5. The molecule has 1 heterocycles. The molecule has 11 heteroatoms. The fraction of sp³-hybridized carbons (Fsp3) is 0.949. The molecule has 1 fully saturated rings. The van der Waals surface area contributed by atoms with Crippen LogP contribution in [0.25, 0.3) is 0 Å². The van der Waals surface area contributed by atoms with Gasteiger partial charge in [-0.25, -0.2) is 0 Å². The Balaban J connectivity index is 2.28. The fourth-order valence-corrected chi connectivity index (χ4v) is 9.92. The summed E-state index contributed by atoms with van der Waals surface area (Å²) in [5, 5.41) is 76.1. The van der Waals surface area contributed by atoms with Gasteiger partial charge in [-0.2, -0.15) is 0 Å². The minimum absolute atomic E-state index is 0.259. The lowest BCUT2D eigenvalue weighted by Crippen LogP contribution is -2.60. The van der Waals surface area contributed by atoms with Crippen molar-refractivity contribution in [3.05, 3.63) is 12.2 Å². The van der Waals surface area contributed by atoms with E-state index in [0.717, 1.165) is 38.5 Å². The maximum atomic E-state index is 13.2. The first kappa shape index (κ1) is 66.9. The van der Waals surface area contributed by atoms with E-state index in [9.17, 15) is 40.5 Å². The van der Waals surface area contributed by atoms with Gasteiger partial charge in [0.25, 0.3) is 0 Å². The zero-order chi connectivity index (χ0) is 51.1. The van der Waals surface area contributed by atoms with Crippen molar-refractivity contribution in [2.75, 3.05) is 13.2 Å². The van der Waals surface area contributed by atoms with Crippen molar-refractivity contribution in [1.29, 1.82) is 0 Å². The molecule has 416 valence electrons. The highest BCUT2D eigenvalue weighted by atomic mass is 16.7. The standard InChI is InChI=1S/C59H115NO10/c1-3-5-7-9-11-13-15-17-19-21-22-23-24-25-26-27-28-29-30-31-33-34-36-38-40-42-44-46-51(62)54(64)50(49-69-59-57(67)56(66)55(65)53(48-61)70-59)60-58(68)52(63)47-45-43-41-39-37-35-32-20-18-16-14-12-10-8-6-4-2/h38,40,50-57,59,61-67H,3-37,39,41-49H2,1-2H3,(H,60,68)/b40-38+. The van der Waals surface area contributed by atoms with E-state index in [-0.39, 0.29) is 12.8 Å². The molecule has 0 bridgehead atoms. The van der Waals surface area contributed by atoms with Crippen molar-refractivity contribution in [2.24, 2.45) is 0 Å². The molecule has 9 unspecified atom stereocenters. The summed E-state index contributed by atoms with van der Waals surface area (Å²) < 4.78 is 11.1. The summed E-state index contributed by atoms with van der Waals surface area (Å²) in [7, 11) is 0. The molecular formula is C59H115NO10. The quantitative estimate of drug-likeness (QED) is 0.0215. The van der Waals surface area contributed by atoms with Gasteiger partial charge in [-0.3, -0.25) is 4.79 Å². The molecule has 1 saturated heterocycles. The Morgan fingerprint density at radius 2 is 0.843 bits per heavy atom. The number of hydrogen-bond donors (Lipinski definition) is 8. The Hall–Kier alpha value is -1.15. The van der Waals surface area contributed by atoms with E-state index in [1.54, 1.807) is 0 Å². The zero-order valence-corrected chi connectivity index (χ0v) is 45.5. The van der Waals surface area contributed by atoms with E-state index >= 15 is 0 Å². The number of rotatable bonds is 52. The number of carbonyl (C=O) groups is 1. The first-order valence-corrected chi connectivity index (χ1v) is 30.1. The third-order valence-electron chi connectivity index (χ3n) is 14.8. The second-order valence-electron chi connectivity index (χ2n) is 21.4. The van der Waals surface area contributed by atoms with Gasteiger partial charge < -0.3 is 50.5 Å². The van der Waals surface area contributed by atoms with Crippen LogP contribution in [-0.4, -0.2) is 110 Å². The number of ether oxygens (including phenoxy) is 2. The van der Waals surface area contributed by atoms with Gasteiger partial charge in [0.1, 0.15) is 36.6 Å². The number of allylic oxidation sites excluding steroid dienone is 2. The SMILES string of the molecule is CCCCCCCCCCCCCCCCCCCCCCCC/C=C/CCCC(O)C(O)C(COC1OC(CO)C(O)C(O)C1O)NC(=O)C(O)CCCCCCCCCCCCCCCCCC. The van der Waals surface area contributed by atoms with Crippen LogP contribution in [0.5, 0.6) is 0 Å². The summed E-state index contributed by atoms with van der Waals surface area (Å²) in [6.07, 6.45) is 45.6. The van der Waals surface area contributed by atoms with Crippen molar-refractivity contribution in [3.63, 3.8) is 0 Å². The van der Waals surface area contributed by atoms with Crippen molar-refractivity contribution >= 4 is 5.91 Å². The minimum Gasteiger partial charge on any atom is -0.394 e. The van der Waals surface area contributed by atoms with Gasteiger partial charge in [0.05, 0.1) is 25.4 Å². The summed E-state index contributed by atoms with van der Waals surface area (Å²) >= 11 is 0. The maximum Gasteiger partial charge on any atom is 0.249 e. The van der Waals surface area contributed by atoms with E-state index in [4.69, 9.17) is 9.47 Å². The van der Waals surface area contributed by atoms with Crippen LogP contribution in [0.1, 0.15) is 290 Å². The predicted octanol–water partition coefficient (Wildman–Crippen LogP) is 12.7. The summed E-state index contributed by atoms with van der Waals surface area (Å²) in [6, 6.07) is -1.18. The van der Waals surface area contributed by atoms with Crippen molar-refractivity contribution in [1.82, 2.24) is 5.32 Å². The molecule has 11 nitrogen and oxygen atoms in total. The lowest BCUT2D eigenvalue weighted by molar-refractivity contribution is -0.303. The van der Waals surface area contributed by atoms with Crippen LogP contribution in [0.15, 0.2) is 12.2 Å². The maximum absolute atomic E-state index is 13.2. The van der Waals surface area contributed by atoms with E-state index in [0.29, 0.717) is 12.8 Å². The largest absolute Gasteiger partial charge is 0.394 e. The molecule has 0 aromatic rings. The number of aliphatic hydroxyl groups excluding tert-OH is 7. The molecule has 1 aliphatic rings. The van der Waals surface area contributed by atoms with Crippen LogP contribution in [0.3, 0.4) is 0 Å². The summed E-state index contributed by atoms with van der Waals surface area (Å²) in [5.41, 5.74) is 0. The molecule has 1 rings (SSSR count). The van der Waals surface area contributed by atoms with Crippen LogP contribution < -0.4 is 5.32 Å². The molecule has 0 saturated carbocycles. The molecule has 1 aliphatic heterocycles. The monoisotopic (exact) mass is 998 g/mol. The van der Waals surface area contributed by atoms with E-state index in [1.165, 1.54) is 212 Å². The van der Waals surface area contributed by atoms with Crippen molar-refractivity contribution in [3.8, 4) is 0 Å². The van der Waals surface area contributed by atoms with Crippen LogP contribution in [0, 0.1) is 0 Å². The number of aliphatic hydroxyl groups is 7. The van der Waals surface area contributed by atoms with Crippen LogP contribution in [-0.2, 0) is 14.3 Å². The van der Waals surface area contributed by atoms with E-state index in [1.807, 2.05) is 0 Å². The topological polar surface area (TPSA) is 189 Å². The number of carbonyl (C=O) groups excluding carboxylic acids is 1. The molecule has 0 aliphatic carbocycles. The first-order chi connectivity index (χ1) is 34.2. The third-order valence-corrected chi connectivity index (χ3v) is 14.8. The number of nitrogens with one attached hydrogen (secondary N) is 1. The van der Waals surface area contributed by atoms with Gasteiger partial charge in [-0.05, 0) is 38.5 Å². The molecule has 0 spiro atoms.